The van der Waals surface area contributed by atoms with Crippen molar-refractivity contribution in [3.05, 3.63) is 118 Å². The van der Waals surface area contributed by atoms with Crippen molar-refractivity contribution in [2.24, 2.45) is 0 Å². The maximum Gasteiger partial charge on any atom is 0.266 e. The van der Waals surface area contributed by atoms with Crippen LogP contribution >= 0.6 is 0 Å². The van der Waals surface area contributed by atoms with Crippen molar-refractivity contribution in [2.75, 3.05) is 0 Å². The van der Waals surface area contributed by atoms with E-state index in [1.54, 1.807) is 36.7 Å². The summed E-state index contributed by atoms with van der Waals surface area (Å²) in [7, 11) is 0. The molecule has 2 atom stereocenters. The number of nitrogens with one attached hydrogen (secondary N) is 4. The zero-order chi connectivity index (χ0) is 37.6. The Labute approximate surface area is 317 Å². The topological polar surface area (TPSA) is 135 Å². The molecule has 3 aromatic rings. The van der Waals surface area contributed by atoms with E-state index < -0.39 is 12.2 Å². The van der Waals surface area contributed by atoms with Crippen molar-refractivity contribution in [2.45, 2.75) is 115 Å². The summed E-state index contributed by atoms with van der Waals surface area (Å²) >= 11 is 0. The maximum atomic E-state index is 13.8. The molecule has 2 heterocycles. The second-order valence-corrected chi connectivity index (χ2v) is 15.1. The fraction of sp³-hybridized carbons (Fsp3) is 0.409. The van der Waals surface area contributed by atoms with Crippen molar-refractivity contribution in [3.8, 4) is 11.5 Å². The molecule has 2 unspecified atom stereocenters. The number of fused-ring (bicyclic) bond motifs is 2. The Morgan fingerprint density at radius 3 is 1.46 bits per heavy atom. The molecule has 2 aliphatic heterocycles. The highest BCUT2D eigenvalue weighted by molar-refractivity contribution is 6.16. The Bertz CT molecular complexity index is 1840. The van der Waals surface area contributed by atoms with Gasteiger partial charge >= 0.3 is 0 Å². The normalized spacial score (nSPS) is 21.7. The molecule has 0 bridgehead atoms. The van der Waals surface area contributed by atoms with Crippen LogP contribution in [0.15, 0.2) is 84.2 Å². The smallest absolute Gasteiger partial charge is 0.266 e. The summed E-state index contributed by atoms with van der Waals surface area (Å²) in [4.78, 5) is 54.5. The zero-order valence-electron chi connectivity index (χ0n) is 31.2. The minimum Gasteiger partial charge on any atom is -0.475 e. The van der Waals surface area contributed by atoms with E-state index in [0.717, 1.165) is 73.6 Å². The number of ether oxygens (including phenoxy) is 2. The van der Waals surface area contributed by atoms with Crippen LogP contribution in [0.4, 0.5) is 0 Å². The highest BCUT2D eigenvalue weighted by Gasteiger charge is 2.39. The van der Waals surface area contributed by atoms with E-state index in [1.165, 1.54) is 12.8 Å². The van der Waals surface area contributed by atoms with Crippen LogP contribution in [0.25, 0.3) is 0 Å². The van der Waals surface area contributed by atoms with Crippen LogP contribution in [-0.2, 0) is 22.7 Å². The molecule has 2 saturated carbocycles. The zero-order valence-corrected chi connectivity index (χ0v) is 31.2. The van der Waals surface area contributed by atoms with Crippen molar-refractivity contribution < 1.29 is 28.7 Å². The average molecular weight is 731 g/mol. The first kappa shape index (κ1) is 37.0. The van der Waals surface area contributed by atoms with Crippen LogP contribution in [-0.4, -0.2) is 47.7 Å². The van der Waals surface area contributed by atoms with Gasteiger partial charge in [-0.25, -0.2) is 0 Å². The summed E-state index contributed by atoms with van der Waals surface area (Å²) in [6, 6.07) is 18.9. The minimum absolute atomic E-state index is 0.0823. The molecule has 10 heteroatoms. The number of rotatable bonds is 10. The Kier molecular flexibility index (Phi) is 11.5. The summed E-state index contributed by atoms with van der Waals surface area (Å²) < 4.78 is 12.3. The summed E-state index contributed by atoms with van der Waals surface area (Å²) in [5.74, 6) is -0.229. The highest BCUT2D eigenvalue weighted by Crippen LogP contribution is 2.33. The summed E-state index contributed by atoms with van der Waals surface area (Å²) in [5, 5.41) is 12.8. The summed E-state index contributed by atoms with van der Waals surface area (Å²) in [5.41, 5.74) is 5.20. The molecule has 0 aromatic heterocycles. The van der Waals surface area contributed by atoms with E-state index in [2.05, 4.69) is 21.3 Å². The van der Waals surface area contributed by atoms with Crippen molar-refractivity contribution in [1.29, 1.82) is 0 Å². The van der Waals surface area contributed by atoms with E-state index in [1.807, 2.05) is 50.2 Å². The Hall–Kier alpha value is -5.38. The first-order valence-corrected chi connectivity index (χ1v) is 19.4. The fourth-order valence-electron chi connectivity index (χ4n) is 7.90. The second-order valence-electron chi connectivity index (χ2n) is 15.1. The fourth-order valence-corrected chi connectivity index (χ4v) is 7.90. The number of hydrogen-bond acceptors (Lipinski definition) is 8. The molecule has 0 spiro atoms. The standard InChI is InChI=1S/C44H50N4O6/c1-27-16-18-37-33(20-27)39(49)35(41(53-37)43(51)47-31-12-5-3-6-13-31)25-45-23-29-10-9-11-30(22-29)24-46-26-36-40(50)34-21-28(2)17-19-38(34)54-42(36)44(52)48-32-14-7-4-8-15-32/h9-11,16-22,25-26,31-32,41-42,45-46H,3-8,12-15,23-24H2,1-2H3,(H,47,51)(H,48,52)/b35-25+,36-26+. The molecule has 4 aliphatic rings. The number of amides is 2. The van der Waals surface area contributed by atoms with Crippen LogP contribution in [0.3, 0.4) is 0 Å². The molecular weight excluding hydrogens is 681 g/mol. The first-order valence-electron chi connectivity index (χ1n) is 19.4. The first-order chi connectivity index (χ1) is 26.2. The number of ketones is 2. The van der Waals surface area contributed by atoms with Gasteiger partial charge in [0.15, 0.2) is 11.6 Å². The van der Waals surface area contributed by atoms with E-state index in [0.29, 0.717) is 35.7 Å². The van der Waals surface area contributed by atoms with Gasteiger partial charge < -0.3 is 30.7 Å². The van der Waals surface area contributed by atoms with Crippen LogP contribution in [0, 0.1) is 13.8 Å². The molecule has 54 heavy (non-hydrogen) atoms. The summed E-state index contributed by atoms with van der Waals surface area (Å²) in [6.07, 6.45) is 11.5. The molecule has 2 amide bonds. The number of aryl methyl sites for hydroxylation is 2. The van der Waals surface area contributed by atoms with Gasteiger partial charge in [-0.3, -0.25) is 19.2 Å². The SMILES string of the molecule is Cc1ccc2c(c1)C(=O)/C(=C\NCc1cccc(CN/C=C3\C(=O)c4cc(C)ccc4OC3C(=O)NC3CCCCC3)c1)C(C(=O)NC1CCCCC1)O2. The lowest BCUT2D eigenvalue weighted by atomic mass is 9.92. The van der Waals surface area contributed by atoms with Crippen LogP contribution in [0.2, 0.25) is 0 Å². The molecule has 2 aliphatic carbocycles. The quantitative estimate of drug-likeness (QED) is 0.175. The van der Waals surface area contributed by atoms with Gasteiger partial charge in [0.05, 0.1) is 22.3 Å². The van der Waals surface area contributed by atoms with Gasteiger partial charge in [0.1, 0.15) is 11.5 Å². The van der Waals surface area contributed by atoms with E-state index >= 15 is 0 Å². The summed E-state index contributed by atoms with van der Waals surface area (Å²) in [6.45, 7) is 4.64. The molecule has 3 aromatic carbocycles. The average Bonchev–Trinajstić information content (AvgIpc) is 3.17. The molecular formula is C44H50N4O6. The lowest BCUT2D eigenvalue weighted by Gasteiger charge is -2.30. The number of benzene rings is 3. The third-order valence-corrected chi connectivity index (χ3v) is 10.8. The molecule has 2 fully saturated rings. The predicted octanol–water partition coefficient (Wildman–Crippen LogP) is 6.44. The lowest BCUT2D eigenvalue weighted by molar-refractivity contribution is -0.128. The molecule has 10 nitrogen and oxygen atoms in total. The number of carbonyl (C=O) groups excluding carboxylic acids is 4. The molecule has 4 N–H and O–H groups in total. The Morgan fingerprint density at radius 1 is 0.611 bits per heavy atom. The van der Waals surface area contributed by atoms with Crippen LogP contribution in [0.1, 0.15) is 107 Å². The third-order valence-electron chi connectivity index (χ3n) is 10.8. The van der Waals surface area contributed by atoms with Gasteiger partial charge in [-0.1, -0.05) is 86.1 Å². The Morgan fingerprint density at radius 2 is 1.04 bits per heavy atom. The number of Topliss-reactive ketones (excluding diaryl/α,β-unsaturated/α-hetero) is 2. The molecule has 282 valence electrons. The van der Waals surface area contributed by atoms with Gasteiger partial charge in [-0.2, -0.15) is 0 Å². The van der Waals surface area contributed by atoms with Gasteiger partial charge in [0.25, 0.3) is 11.8 Å². The minimum atomic E-state index is -1.05. The number of carbonyl (C=O) groups is 4. The molecule has 7 rings (SSSR count). The van der Waals surface area contributed by atoms with E-state index in [-0.39, 0.29) is 46.6 Å². The van der Waals surface area contributed by atoms with Gasteiger partial charge in [-0.05, 0) is 74.9 Å². The Balaban J connectivity index is 1.04. The highest BCUT2D eigenvalue weighted by atomic mass is 16.5. The van der Waals surface area contributed by atoms with Crippen molar-refractivity contribution in [1.82, 2.24) is 21.3 Å². The van der Waals surface area contributed by atoms with E-state index in [9.17, 15) is 19.2 Å². The maximum absolute atomic E-state index is 13.8. The second kappa shape index (κ2) is 16.7. The van der Waals surface area contributed by atoms with Crippen molar-refractivity contribution >= 4 is 23.4 Å². The van der Waals surface area contributed by atoms with Gasteiger partial charge in [0.2, 0.25) is 12.2 Å². The number of hydrogen-bond donors (Lipinski definition) is 4. The third kappa shape index (κ3) is 8.54. The van der Waals surface area contributed by atoms with Crippen LogP contribution < -0.4 is 30.7 Å². The van der Waals surface area contributed by atoms with Crippen molar-refractivity contribution in [3.63, 3.8) is 0 Å². The van der Waals surface area contributed by atoms with Gasteiger partial charge in [0, 0.05) is 37.6 Å². The predicted molar refractivity (Wildman–Crippen MR) is 206 cm³/mol. The molecule has 0 radical (unpaired) electrons. The van der Waals surface area contributed by atoms with Gasteiger partial charge in [-0.15, -0.1) is 0 Å². The largest absolute Gasteiger partial charge is 0.475 e. The monoisotopic (exact) mass is 730 g/mol. The lowest BCUT2D eigenvalue weighted by Crippen LogP contribution is -2.48. The van der Waals surface area contributed by atoms with Crippen LogP contribution in [0.5, 0.6) is 11.5 Å². The van der Waals surface area contributed by atoms with E-state index in [4.69, 9.17) is 9.47 Å². The molecule has 0 saturated heterocycles.